The first-order valence-corrected chi connectivity index (χ1v) is 5.23. The molecule has 2 amide bonds. The highest BCUT2D eigenvalue weighted by Crippen LogP contribution is 2.23. The highest BCUT2D eigenvalue weighted by atomic mass is 16.2. The molecule has 2 rings (SSSR count). The van der Waals surface area contributed by atoms with Gasteiger partial charge in [-0.1, -0.05) is 12.1 Å². The Labute approximate surface area is 98.6 Å². The van der Waals surface area contributed by atoms with E-state index in [1.165, 1.54) is 0 Å². The van der Waals surface area contributed by atoms with Crippen molar-refractivity contribution in [1.82, 2.24) is 5.32 Å². The summed E-state index contributed by atoms with van der Waals surface area (Å²) < 4.78 is 0. The fraction of sp³-hybridized carbons (Fsp3) is 0.250. The summed E-state index contributed by atoms with van der Waals surface area (Å²) in [6.45, 7) is 1.79. The highest BCUT2D eigenvalue weighted by Gasteiger charge is 2.31. The zero-order chi connectivity index (χ0) is 12.4. The number of para-hydroxylation sites is 1. The third-order valence-electron chi connectivity index (χ3n) is 2.76. The number of benzene rings is 1. The summed E-state index contributed by atoms with van der Waals surface area (Å²) in [5.41, 5.74) is 1.08. The zero-order valence-corrected chi connectivity index (χ0v) is 9.30. The van der Waals surface area contributed by atoms with Gasteiger partial charge >= 0.3 is 0 Å². The van der Waals surface area contributed by atoms with Crippen molar-refractivity contribution in [3.8, 4) is 6.07 Å². The summed E-state index contributed by atoms with van der Waals surface area (Å²) in [4.78, 5) is 24.5. The Hall–Kier alpha value is -2.35. The summed E-state index contributed by atoms with van der Waals surface area (Å²) >= 11 is 0. The van der Waals surface area contributed by atoms with Gasteiger partial charge in [-0.2, -0.15) is 5.26 Å². The molecule has 86 valence electrons. The number of carbonyl (C=O) groups is 2. The number of hydrogen-bond acceptors (Lipinski definition) is 4. The summed E-state index contributed by atoms with van der Waals surface area (Å²) in [6, 6.07) is 8.53. The van der Waals surface area contributed by atoms with Crippen LogP contribution in [-0.2, 0) is 9.59 Å². The fourth-order valence-electron chi connectivity index (χ4n) is 1.83. The molecule has 0 spiro atoms. The summed E-state index contributed by atoms with van der Waals surface area (Å²) in [5, 5.41) is 11.3. The Morgan fingerprint density at radius 3 is 2.82 bits per heavy atom. The summed E-state index contributed by atoms with van der Waals surface area (Å²) in [7, 11) is 0. The first-order valence-electron chi connectivity index (χ1n) is 5.23. The maximum atomic E-state index is 11.5. The Kier molecular flexibility index (Phi) is 2.79. The van der Waals surface area contributed by atoms with E-state index in [-0.39, 0.29) is 18.4 Å². The highest BCUT2D eigenvalue weighted by molar-refractivity contribution is 6.04. The van der Waals surface area contributed by atoms with Crippen molar-refractivity contribution >= 4 is 17.5 Å². The van der Waals surface area contributed by atoms with Crippen LogP contribution in [0.4, 0.5) is 5.69 Å². The van der Waals surface area contributed by atoms with Crippen molar-refractivity contribution in [1.29, 1.82) is 5.26 Å². The van der Waals surface area contributed by atoms with E-state index in [1.54, 1.807) is 36.1 Å². The van der Waals surface area contributed by atoms with Gasteiger partial charge in [-0.05, 0) is 19.1 Å². The predicted octanol–water partition coefficient (Wildman–Crippen LogP) is 0.410. The molecule has 1 aromatic carbocycles. The molecule has 17 heavy (non-hydrogen) atoms. The van der Waals surface area contributed by atoms with Crippen LogP contribution in [0.15, 0.2) is 24.3 Å². The van der Waals surface area contributed by atoms with Crippen LogP contribution in [0.3, 0.4) is 0 Å². The Bertz CT molecular complexity index is 519. The normalized spacial score (nSPS) is 19.8. The van der Waals surface area contributed by atoms with E-state index in [0.29, 0.717) is 11.3 Å². The van der Waals surface area contributed by atoms with E-state index >= 15 is 0 Å². The van der Waals surface area contributed by atoms with Gasteiger partial charge in [-0.3, -0.25) is 14.9 Å². The van der Waals surface area contributed by atoms with E-state index in [9.17, 15) is 9.59 Å². The van der Waals surface area contributed by atoms with Crippen LogP contribution in [0.25, 0.3) is 0 Å². The van der Waals surface area contributed by atoms with Crippen molar-refractivity contribution in [2.24, 2.45) is 0 Å². The molecule has 0 saturated carbocycles. The molecule has 1 aromatic rings. The quantitative estimate of drug-likeness (QED) is 0.708. The second-order valence-corrected chi connectivity index (χ2v) is 3.85. The minimum atomic E-state index is -0.456. The van der Waals surface area contributed by atoms with Crippen LogP contribution in [0, 0.1) is 11.3 Å². The van der Waals surface area contributed by atoms with Crippen molar-refractivity contribution in [2.45, 2.75) is 13.0 Å². The molecule has 1 atom stereocenters. The van der Waals surface area contributed by atoms with E-state index in [1.807, 2.05) is 0 Å². The molecule has 5 nitrogen and oxygen atoms in total. The van der Waals surface area contributed by atoms with Crippen LogP contribution in [-0.4, -0.2) is 24.4 Å². The molecule has 0 radical (unpaired) electrons. The van der Waals surface area contributed by atoms with Gasteiger partial charge in [-0.25, -0.2) is 0 Å². The molecule has 0 aromatic heterocycles. The number of rotatable bonds is 1. The summed E-state index contributed by atoms with van der Waals surface area (Å²) in [6.07, 6.45) is 0. The number of carbonyl (C=O) groups excluding carboxylic acids is 2. The Balaban J connectivity index is 2.42. The molecule has 1 aliphatic rings. The number of anilines is 1. The van der Waals surface area contributed by atoms with Gasteiger partial charge in [0.25, 0.3) is 0 Å². The lowest BCUT2D eigenvalue weighted by molar-refractivity contribution is -0.132. The van der Waals surface area contributed by atoms with Crippen molar-refractivity contribution in [2.75, 3.05) is 11.4 Å². The van der Waals surface area contributed by atoms with Gasteiger partial charge in [0.15, 0.2) is 0 Å². The molecule has 1 saturated heterocycles. The molecular weight excluding hydrogens is 218 g/mol. The third-order valence-corrected chi connectivity index (χ3v) is 2.76. The minimum absolute atomic E-state index is 0.0889. The number of imide groups is 1. The molecule has 0 bridgehead atoms. The maximum absolute atomic E-state index is 11.5. The van der Waals surface area contributed by atoms with Crippen LogP contribution < -0.4 is 10.2 Å². The first kappa shape index (κ1) is 11.1. The van der Waals surface area contributed by atoms with Gasteiger partial charge in [0.1, 0.15) is 12.1 Å². The van der Waals surface area contributed by atoms with Crippen LogP contribution in [0.5, 0.6) is 0 Å². The standard InChI is InChI=1S/C12H11N3O2/c1-8-12(17)14-11(16)7-15(8)10-5-3-2-4-9(10)6-13/h2-5,8H,7H2,1H3,(H,14,16,17). The predicted molar refractivity (Wildman–Crippen MR) is 61.1 cm³/mol. The van der Waals surface area contributed by atoms with Crippen LogP contribution >= 0.6 is 0 Å². The number of amides is 2. The summed E-state index contributed by atoms with van der Waals surface area (Å²) in [5.74, 6) is -0.685. The van der Waals surface area contributed by atoms with Gasteiger partial charge in [-0.15, -0.1) is 0 Å². The van der Waals surface area contributed by atoms with Gasteiger partial charge in [0.2, 0.25) is 11.8 Å². The largest absolute Gasteiger partial charge is 0.349 e. The second kappa shape index (κ2) is 4.26. The number of nitriles is 1. The van der Waals surface area contributed by atoms with Gasteiger partial charge in [0, 0.05) is 0 Å². The van der Waals surface area contributed by atoms with E-state index < -0.39 is 6.04 Å². The average Bonchev–Trinajstić information content (AvgIpc) is 2.33. The number of hydrogen-bond donors (Lipinski definition) is 1. The van der Waals surface area contributed by atoms with Gasteiger partial charge in [0.05, 0.1) is 17.8 Å². The SMILES string of the molecule is CC1C(=O)NC(=O)CN1c1ccccc1C#N. The number of piperazine rings is 1. The molecule has 1 fully saturated rings. The molecule has 0 aliphatic carbocycles. The first-order chi connectivity index (χ1) is 8.13. The maximum Gasteiger partial charge on any atom is 0.249 e. The lowest BCUT2D eigenvalue weighted by Crippen LogP contribution is -2.57. The van der Waals surface area contributed by atoms with Crippen molar-refractivity contribution in [3.05, 3.63) is 29.8 Å². The van der Waals surface area contributed by atoms with Gasteiger partial charge < -0.3 is 4.90 Å². The smallest absolute Gasteiger partial charge is 0.249 e. The molecular formula is C12H11N3O2. The second-order valence-electron chi connectivity index (χ2n) is 3.85. The van der Waals surface area contributed by atoms with Crippen LogP contribution in [0.1, 0.15) is 12.5 Å². The Morgan fingerprint density at radius 2 is 2.12 bits per heavy atom. The fourth-order valence-corrected chi connectivity index (χ4v) is 1.83. The van der Waals surface area contributed by atoms with Crippen molar-refractivity contribution < 1.29 is 9.59 Å². The lowest BCUT2D eigenvalue weighted by Gasteiger charge is -2.33. The van der Waals surface area contributed by atoms with E-state index in [0.717, 1.165) is 0 Å². The number of nitrogens with zero attached hydrogens (tertiary/aromatic N) is 2. The topological polar surface area (TPSA) is 73.2 Å². The molecule has 1 N–H and O–H groups in total. The van der Waals surface area contributed by atoms with E-state index in [2.05, 4.69) is 11.4 Å². The zero-order valence-electron chi connectivity index (χ0n) is 9.30. The van der Waals surface area contributed by atoms with Crippen LogP contribution in [0.2, 0.25) is 0 Å². The lowest BCUT2D eigenvalue weighted by atomic mass is 10.1. The molecule has 5 heteroatoms. The molecule has 1 unspecified atom stereocenters. The third kappa shape index (κ3) is 1.97. The van der Waals surface area contributed by atoms with E-state index in [4.69, 9.17) is 5.26 Å². The average molecular weight is 229 g/mol. The van der Waals surface area contributed by atoms with Crippen molar-refractivity contribution in [3.63, 3.8) is 0 Å². The monoisotopic (exact) mass is 229 g/mol. The molecule has 1 heterocycles. The Morgan fingerprint density at radius 1 is 1.41 bits per heavy atom. The number of nitrogens with one attached hydrogen (secondary N) is 1. The minimum Gasteiger partial charge on any atom is -0.349 e. The molecule has 1 aliphatic heterocycles.